The largest absolute Gasteiger partial charge is 0.462 e. The Kier molecular flexibility index (Phi) is 8.33. The molecule has 0 spiro atoms. The SMILES string of the molecule is CCCCCCOC(=O)c1ccccc1C(=O)OCc1ccc(C)c([N+](=O)[O-])c1. The number of unbranched alkanes of at least 4 members (excludes halogenated alkanes) is 3. The first-order valence-corrected chi connectivity index (χ1v) is 9.61. The molecule has 0 saturated carbocycles. The zero-order valence-electron chi connectivity index (χ0n) is 16.7. The Balaban J connectivity index is 2.02. The van der Waals surface area contributed by atoms with E-state index >= 15 is 0 Å². The molecule has 0 amide bonds. The molecule has 0 aliphatic carbocycles. The second-order valence-corrected chi connectivity index (χ2v) is 6.70. The molecule has 154 valence electrons. The van der Waals surface area contributed by atoms with Crippen LogP contribution in [0.2, 0.25) is 0 Å². The number of nitro groups is 1. The number of benzene rings is 2. The minimum atomic E-state index is -0.688. The summed E-state index contributed by atoms with van der Waals surface area (Å²) in [7, 11) is 0. The molecule has 2 aromatic rings. The summed E-state index contributed by atoms with van der Waals surface area (Å²) in [5.74, 6) is -1.26. The number of hydrogen-bond acceptors (Lipinski definition) is 6. The number of aryl methyl sites for hydroxylation is 1. The third kappa shape index (κ3) is 6.41. The van der Waals surface area contributed by atoms with Gasteiger partial charge in [-0.3, -0.25) is 10.1 Å². The third-order valence-corrected chi connectivity index (χ3v) is 4.44. The van der Waals surface area contributed by atoms with E-state index in [4.69, 9.17) is 9.47 Å². The summed E-state index contributed by atoms with van der Waals surface area (Å²) in [6.07, 6.45) is 3.93. The Morgan fingerprint density at radius 3 is 2.24 bits per heavy atom. The second kappa shape index (κ2) is 10.9. The van der Waals surface area contributed by atoms with Crippen molar-refractivity contribution < 1.29 is 24.0 Å². The Bertz CT molecular complexity index is 877. The molecular formula is C22H25NO6. The second-order valence-electron chi connectivity index (χ2n) is 6.70. The van der Waals surface area contributed by atoms with E-state index in [9.17, 15) is 19.7 Å². The van der Waals surface area contributed by atoms with Crippen LogP contribution in [0.1, 0.15) is 64.4 Å². The highest BCUT2D eigenvalue weighted by molar-refractivity contribution is 6.03. The standard InChI is InChI=1S/C22H25NO6/c1-3-4-5-8-13-28-21(24)18-9-6-7-10-19(18)22(25)29-15-17-12-11-16(2)20(14-17)23(26)27/h6-7,9-12,14H,3-5,8,13,15H2,1-2H3. The van der Waals surface area contributed by atoms with E-state index in [2.05, 4.69) is 6.92 Å². The molecule has 7 nitrogen and oxygen atoms in total. The van der Waals surface area contributed by atoms with E-state index in [0.717, 1.165) is 25.7 Å². The number of esters is 2. The molecule has 2 rings (SSSR count). The summed E-state index contributed by atoms with van der Waals surface area (Å²) in [6.45, 7) is 3.90. The predicted molar refractivity (Wildman–Crippen MR) is 108 cm³/mol. The average molecular weight is 399 g/mol. The van der Waals surface area contributed by atoms with Crippen molar-refractivity contribution in [3.8, 4) is 0 Å². The van der Waals surface area contributed by atoms with E-state index in [1.807, 2.05) is 0 Å². The van der Waals surface area contributed by atoms with Gasteiger partial charge in [0.15, 0.2) is 0 Å². The van der Waals surface area contributed by atoms with E-state index in [1.54, 1.807) is 31.2 Å². The van der Waals surface area contributed by atoms with Crippen molar-refractivity contribution >= 4 is 17.6 Å². The number of nitro benzene ring substituents is 1. The van der Waals surface area contributed by atoms with Gasteiger partial charge in [0.2, 0.25) is 0 Å². The summed E-state index contributed by atoms with van der Waals surface area (Å²) in [6, 6.07) is 10.9. The maximum atomic E-state index is 12.5. The highest BCUT2D eigenvalue weighted by atomic mass is 16.6. The molecule has 0 atom stereocenters. The summed E-state index contributed by atoms with van der Waals surface area (Å²) in [5, 5.41) is 11.0. The van der Waals surface area contributed by atoms with Crippen LogP contribution in [0.4, 0.5) is 5.69 Å². The van der Waals surface area contributed by atoms with Crippen molar-refractivity contribution in [2.24, 2.45) is 0 Å². The van der Waals surface area contributed by atoms with E-state index in [0.29, 0.717) is 17.7 Å². The van der Waals surface area contributed by atoms with Gasteiger partial charge in [0, 0.05) is 11.6 Å². The van der Waals surface area contributed by atoms with Crippen LogP contribution in [0.25, 0.3) is 0 Å². The molecule has 2 aromatic carbocycles. The lowest BCUT2D eigenvalue weighted by Gasteiger charge is -2.10. The Morgan fingerprint density at radius 1 is 0.966 bits per heavy atom. The Morgan fingerprint density at radius 2 is 1.62 bits per heavy atom. The van der Waals surface area contributed by atoms with Gasteiger partial charge in [-0.1, -0.05) is 50.5 Å². The van der Waals surface area contributed by atoms with Crippen LogP contribution in [0.15, 0.2) is 42.5 Å². The van der Waals surface area contributed by atoms with Crippen molar-refractivity contribution in [2.75, 3.05) is 6.61 Å². The predicted octanol–water partition coefficient (Wildman–Crippen LogP) is 5.00. The molecule has 0 unspecified atom stereocenters. The minimum Gasteiger partial charge on any atom is -0.462 e. The molecule has 0 bridgehead atoms. The first kappa shape index (κ1) is 22.1. The highest BCUT2D eigenvalue weighted by Crippen LogP contribution is 2.20. The molecule has 0 aromatic heterocycles. The van der Waals surface area contributed by atoms with Gasteiger partial charge in [-0.2, -0.15) is 0 Å². The first-order valence-electron chi connectivity index (χ1n) is 9.61. The van der Waals surface area contributed by atoms with E-state index in [1.165, 1.54) is 18.2 Å². The fraction of sp³-hybridized carbons (Fsp3) is 0.364. The molecule has 0 saturated heterocycles. The highest BCUT2D eigenvalue weighted by Gasteiger charge is 2.19. The monoisotopic (exact) mass is 399 g/mol. The van der Waals surface area contributed by atoms with Crippen molar-refractivity contribution in [1.29, 1.82) is 0 Å². The van der Waals surface area contributed by atoms with Gasteiger partial charge in [0.1, 0.15) is 6.61 Å². The number of rotatable bonds is 10. The van der Waals surface area contributed by atoms with Crippen LogP contribution in [-0.4, -0.2) is 23.5 Å². The van der Waals surface area contributed by atoms with E-state index < -0.39 is 16.9 Å². The van der Waals surface area contributed by atoms with Gasteiger partial charge < -0.3 is 9.47 Å². The van der Waals surface area contributed by atoms with Gasteiger partial charge in [-0.05, 0) is 31.0 Å². The van der Waals surface area contributed by atoms with Gasteiger partial charge in [-0.15, -0.1) is 0 Å². The molecular weight excluding hydrogens is 374 g/mol. The van der Waals surface area contributed by atoms with Gasteiger partial charge in [-0.25, -0.2) is 9.59 Å². The molecule has 0 N–H and O–H groups in total. The Labute approximate surface area is 169 Å². The average Bonchev–Trinajstić information content (AvgIpc) is 2.72. The summed E-state index contributed by atoms with van der Waals surface area (Å²) in [5.41, 5.74) is 1.23. The fourth-order valence-electron chi connectivity index (χ4n) is 2.78. The van der Waals surface area contributed by atoms with Gasteiger partial charge >= 0.3 is 11.9 Å². The smallest absolute Gasteiger partial charge is 0.339 e. The zero-order chi connectivity index (χ0) is 21.2. The number of ether oxygens (including phenoxy) is 2. The quantitative estimate of drug-likeness (QED) is 0.241. The van der Waals surface area contributed by atoms with Crippen LogP contribution in [-0.2, 0) is 16.1 Å². The molecule has 0 radical (unpaired) electrons. The lowest BCUT2D eigenvalue weighted by molar-refractivity contribution is -0.385. The van der Waals surface area contributed by atoms with Gasteiger partial charge in [0.25, 0.3) is 5.69 Å². The number of carbonyl (C=O) groups excluding carboxylic acids is 2. The molecule has 0 aliphatic heterocycles. The van der Waals surface area contributed by atoms with E-state index in [-0.39, 0.29) is 23.4 Å². The lowest BCUT2D eigenvalue weighted by atomic mass is 10.1. The first-order chi connectivity index (χ1) is 13.9. The molecule has 0 fully saturated rings. The lowest BCUT2D eigenvalue weighted by Crippen LogP contribution is -2.14. The van der Waals surface area contributed by atoms with Crippen molar-refractivity contribution in [3.05, 3.63) is 74.8 Å². The number of nitrogens with zero attached hydrogens (tertiary/aromatic N) is 1. The molecule has 0 aliphatic rings. The summed E-state index contributed by atoms with van der Waals surface area (Å²) < 4.78 is 10.5. The third-order valence-electron chi connectivity index (χ3n) is 4.44. The normalized spacial score (nSPS) is 10.4. The molecule has 29 heavy (non-hydrogen) atoms. The van der Waals surface area contributed by atoms with Crippen molar-refractivity contribution in [1.82, 2.24) is 0 Å². The summed E-state index contributed by atoms with van der Waals surface area (Å²) >= 11 is 0. The fourth-order valence-corrected chi connectivity index (χ4v) is 2.78. The minimum absolute atomic E-state index is 0.0365. The summed E-state index contributed by atoms with van der Waals surface area (Å²) in [4.78, 5) is 35.4. The maximum absolute atomic E-state index is 12.5. The number of hydrogen-bond donors (Lipinski definition) is 0. The number of carbonyl (C=O) groups is 2. The van der Waals surface area contributed by atoms with Crippen molar-refractivity contribution in [2.45, 2.75) is 46.1 Å². The molecule has 0 heterocycles. The van der Waals surface area contributed by atoms with Crippen LogP contribution in [0, 0.1) is 17.0 Å². The topological polar surface area (TPSA) is 95.7 Å². The maximum Gasteiger partial charge on any atom is 0.339 e. The van der Waals surface area contributed by atoms with Gasteiger partial charge in [0.05, 0.1) is 22.7 Å². The molecule has 7 heteroatoms. The van der Waals surface area contributed by atoms with Crippen LogP contribution in [0.3, 0.4) is 0 Å². The zero-order valence-corrected chi connectivity index (χ0v) is 16.7. The van der Waals surface area contributed by atoms with Crippen LogP contribution in [0.5, 0.6) is 0 Å². The Hall–Kier alpha value is -3.22. The van der Waals surface area contributed by atoms with Crippen LogP contribution >= 0.6 is 0 Å². The van der Waals surface area contributed by atoms with Crippen molar-refractivity contribution in [3.63, 3.8) is 0 Å². The van der Waals surface area contributed by atoms with Crippen LogP contribution < -0.4 is 0 Å².